The number of nitrogens with zero attached hydrogens (tertiary/aromatic N) is 3. The molecule has 4 rings (SSSR count). The molecule has 0 spiro atoms. The molecule has 3 aromatic rings. The Morgan fingerprint density at radius 2 is 2.10 bits per heavy atom. The maximum Gasteiger partial charge on any atom is 0.233 e. The normalized spacial score (nSPS) is 15.9. The van der Waals surface area contributed by atoms with Crippen LogP contribution in [0.25, 0.3) is 16.7 Å². The largest absolute Gasteiger partial charge is 0.355 e. The molecule has 1 aromatic carbocycles. The number of para-hydroxylation sites is 2. The predicted octanol–water partition coefficient (Wildman–Crippen LogP) is 5.10. The predicted molar refractivity (Wildman–Crippen MR) is 122 cm³/mol. The molecule has 1 saturated carbocycles. The van der Waals surface area contributed by atoms with E-state index in [0.717, 1.165) is 34.6 Å². The molecule has 1 aliphatic carbocycles. The summed E-state index contributed by atoms with van der Waals surface area (Å²) in [6.07, 6.45) is 7.07. The van der Waals surface area contributed by atoms with Gasteiger partial charge in [0.25, 0.3) is 0 Å². The van der Waals surface area contributed by atoms with Gasteiger partial charge in [-0.1, -0.05) is 50.1 Å². The Morgan fingerprint density at radius 1 is 1.33 bits per heavy atom. The van der Waals surface area contributed by atoms with Gasteiger partial charge in [0.05, 0.1) is 26.9 Å². The molecule has 0 unspecified atom stereocenters. The van der Waals surface area contributed by atoms with Gasteiger partial charge in [0.15, 0.2) is 5.65 Å². The second kappa shape index (κ2) is 9.09. The number of aromatic nitrogens is 2. The molecule has 1 atom stereocenters. The third kappa shape index (κ3) is 4.04. The van der Waals surface area contributed by atoms with Crippen LogP contribution in [0.4, 0.5) is 0 Å². The first-order valence-electron chi connectivity index (χ1n) is 10.9. The fraction of sp³-hybridized carbons (Fsp3) is 0.458. The lowest BCUT2D eigenvalue weighted by atomic mass is 9.89. The van der Waals surface area contributed by atoms with Gasteiger partial charge in [-0.3, -0.25) is 9.20 Å². The van der Waals surface area contributed by atoms with Crippen LogP contribution in [-0.2, 0) is 11.2 Å². The van der Waals surface area contributed by atoms with Crippen LogP contribution in [0, 0.1) is 17.2 Å². The van der Waals surface area contributed by atoms with E-state index in [2.05, 4.69) is 17.5 Å². The van der Waals surface area contributed by atoms with Crippen molar-refractivity contribution in [1.29, 1.82) is 5.26 Å². The van der Waals surface area contributed by atoms with Gasteiger partial charge in [-0.05, 0) is 55.9 Å². The summed E-state index contributed by atoms with van der Waals surface area (Å²) < 4.78 is 2.03. The smallest absolute Gasteiger partial charge is 0.233 e. The lowest BCUT2D eigenvalue weighted by Gasteiger charge is -2.22. The van der Waals surface area contributed by atoms with Crippen molar-refractivity contribution in [2.24, 2.45) is 5.92 Å². The highest BCUT2D eigenvalue weighted by atomic mass is 32.2. The van der Waals surface area contributed by atoms with E-state index >= 15 is 0 Å². The molecule has 156 valence electrons. The van der Waals surface area contributed by atoms with Crippen molar-refractivity contribution in [3.8, 4) is 6.07 Å². The summed E-state index contributed by atoms with van der Waals surface area (Å²) in [4.78, 5) is 17.5. The Balaban J connectivity index is 1.63. The highest BCUT2D eigenvalue weighted by Crippen LogP contribution is 2.32. The maximum atomic E-state index is 12.8. The van der Waals surface area contributed by atoms with Crippen LogP contribution in [0.3, 0.4) is 0 Å². The van der Waals surface area contributed by atoms with Gasteiger partial charge in [0.2, 0.25) is 5.91 Å². The Morgan fingerprint density at radius 3 is 2.83 bits per heavy atom. The average molecular weight is 421 g/mol. The van der Waals surface area contributed by atoms with Crippen LogP contribution in [-0.4, -0.2) is 27.1 Å². The van der Waals surface area contributed by atoms with E-state index in [1.165, 1.54) is 43.9 Å². The summed E-state index contributed by atoms with van der Waals surface area (Å²) in [5, 5.41) is 13.6. The number of nitriles is 1. The first kappa shape index (κ1) is 20.7. The zero-order valence-corrected chi connectivity index (χ0v) is 18.5. The lowest BCUT2D eigenvalue weighted by Crippen LogP contribution is -2.35. The van der Waals surface area contributed by atoms with Crippen LogP contribution >= 0.6 is 11.8 Å². The minimum Gasteiger partial charge on any atom is -0.355 e. The molecular weight excluding hydrogens is 392 g/mol. The summed E-state index contributed by atoms with van der Waals surface area (Å²) in [5.74, 6) is 0.691. The summed E-state index contributed by atoms with van der Waals surface area (Å²) in [6, 6.07) is 12.3. The van der Waals surface area contributed by atoms with Gasteiger partial charge in [0.1, 0.15) is 6.07 Å². The van der Waals surface area contributed by atoms with Crippen molar-refractivity contribution < 1.29 is 4.79 Å². The number of imidazole rings is 1. The van der Waals surface area contributed by atoms with E-state index in [1.807, 2.05) is 42.5 Å². The van der Waals surface area contributed by atoms with Gasteiger partial charge < -0.3 is 5.32 Å². The molecule has 2 heterocycles. The molecular formula is C24H28N4OS. The molecule has 0 radical (unpaired) electrons. The molecule has 2 aromatic heterocycles. The molecule has 6 heteroatoms. The van der Waals surface area contributed by atoms with Crippen molar-refractivity contribution in [3.63, 3.8) is 0 Å². The number of carbonyl (C=O) groups excluding carboxylic acids is 1. The summed E-state index contributed by atoms with van der Waals surface area (Å²) in [5.41, 5.74) is 4.09. The number of carbonyl (C=O) groups is 1. The summed E-state index contributed by atoms with van der Waals surface area (Å²) >= 11 is 1.54. The molecule has 1 N–H and O–H groups in total. The number of aryl methyl sites for hydroxylation is 1. The Kier molecular flexibility index (Phi) is 6.29. The zero-order chi connectivity index (χ0) is 21.1. The Hall–Kier alpha value is -2.52. The SMILES string of the molecule is CCc1cc(S[C@@H](C)C(=O)NCC2CCCCC2)n2c(nc3ccccc32)c1C#N. The Bertz CT molecular complexity index is 1110. The molecule has 1 amide bonds. The second-order valence-corrected chi connectivity index (χ2v) is 9.48. The molecule has 1 fully saturated rings. The topological polar surface area (TPSA) is 70.2 Å². The van der Waals surface area contributed by atoms with Gasteiger partial charge >= 0.3 is 0 Å². The first-order chi connectivity index (χ1) is 14.6. The molecule has 0 saturated heterocycles. The molecule has 30 heavy (non-hydrogen) atoms. The second-order valence-electron chi connectivity index (χ2n) is 8.12. The summed E-state index contributed by atoms with van der Waals surface area (Å²) in [6.45, 7) is 4.78. The van der Waals surface area contributed by atoms with Crippen molar-refractivity contribution in [2.45, 2.75) is 62.6 Å². The molecule has 0 bridgehead atoms. The van der Waals surface area contributed by atoms with Crippen LogP contribution in [0.5, 0.6) is 0 Å². The highest BCUT2D eigenvalue weighted by molar-refractivity contribution is 8.00. The number of benzene rings is 1. The van der Waals surface area contributed by atoms with E-state index in [4.69, 9.17) is 4.98 Å². The number of amides is 1. The van der Waals surface area contributed by atoms with E-state index in [0.29, 0.717) is 17.1 Å². The number of pyridine rings is 1. The van der Waals surface area contributed by atoms with E-state index in [9.17, 15) is 10.1 Å². The van der Waals surface area contributed by atoms with Gasteiger partial charge in [-0.2, -0.15) is 5.26 Å². The number of thioether (sulfide) groups is 1. The number of nitrogens with one attached hydrogen (secondary N) is 1. The quantitative estimate of drug-likeness (QED) is 0.563. The number of fused-ring (bicyclic) bond motifs is 3. The van der Waals surface area contributed by atoms with Crippen LogP contribution in [0.1, 0.15) is 57.1 Å². The fourth-order valence-electron chi connectivity index (χ4n) is 4.35. The number of hydrogen-bond donors (Lipinski definition) is 1. The van der Waals surface area contributed by atoms with E-state index < -0.39 is 0 Å². The highest BCUT2D eigenvalue weighted by Gasteiger charge is 2.22. The monoisotopic (exact) mass is 420 g/mol. The van der Waals surface area contributed by atoms with Crippen LogP contribution < -0.4 is 5.32 Å². The number of hydrogen-bond acceptors (Lipinski definition) is 4. The first-order valence-corrected chi connectivity index (χ1v) is 11.8. The summed E-state index contributed by atoms with van der Waals surface area (Å²) in [7, 11) is 0. The Labute approximate surface area is 181 Å². The van der Waals surface area contributed by atoms with Gasteiger partial charge in [0, 0.05) is 6.54 Å². The van der Waals surface area contributed by atoms with E-state index in [1.54, 1.807) is 0 Å². The standard InChI is InChI=1S/C24H28N4OS/c1-3-18-13-22(30-16(2)24(29)26-15-17-9-5-4-6-10-17)28-21-12-8-7-11-20(21)27-23(28)19(18)14-25/h7-8,11-13,16-17H,3-6,9-10,15H2,1-2H3,(H,26,29)/t16-/m0/s1. The lowest BCUT2D eigenvalue weighted by molar-refractivity contribution is -0.120. The molecule has 5 nitrogen and oxygen atoms in total. The van der Waals surface area contributed by atoms with Gasteiger partial charge in [-0.15, -0.1) is 0 Å². The zero-order valence-electron chi connectivity index (χ0n) is 17.6. The van der Waals surface area contributed by atoms with Crippen molar-refractivity contribution in [1.82, 2.24) is 14.7 Å². The molecule has 0 aliphatic heterocycles. The number of rotatable bonds is 6. The third-order valence-corrected chi connectivity index (χ3v) is 7.18. The average Bonchev–Trinajstić information content (AvgIpc) is 3.17. The van der Waals surface area contributed by atoms with Crippen molar-refractivity contribution in [2.75, 3.05) is 6.54 Å². The minimum absolute atomic E-state index is 0.0746. The van der Waals surface area contributed by atoms with E-state index in [-0.39, 0.29) is 11.2 Å². The van der Waals surface area contributed by atoms with Gasteiger partial charge in [-0.25, -0.2) is 4.98 Å². The van der Waals surface area contributed by atoms with Crippen LogP contribution in [0.2, 0.25) is 0 Å². The minimum atomic E-state index is -0.226. The fourth-order valence-corrected chi connectivity index (χ4v) is 5.40. The third-order valence-electron chi connectivity index (χ3n) is 6.07. The van der Waals surface area contributed by atoms with Crippen molar-refractivity contribution in [3.05, 3.63) is 41.5 Å². The maximum absolute atomic E-state index is 12.8. The van der Waals surface area contributed by atoms with Crippen LogP contribution in [0.15, 0.2) is 35.4 Å². The van der Waals surface area contributed by atoms with Crippen molar-refractivity contribution >= 4 is 34.3 Å². The molecule has 1 aliphatic rings.